The Hall–Kier alpha value is -1.58. The first-order valence-electron chi connectivity index (χ1n) is 6.53. The van der Waals surface area contributed by atoms with E-state index in [0.29, 0.717) is 17.4 Å². The van der Waals surface area contributed by atoms with E-state index in [1.54, 1.807) is 19.2 Å². The van der Waals surface area contributed by atoms with E-state index in [1.807, 2.05) is 0 Å². The lowest BCUT2D eigenvalue weighted by atomic mass is 9.87. The van der Waals surface area contributed by atoms with Gasteiger partial charge < -0.3 is 10.4 Å². The van der Waals surface area contributed by atoms with Crippen molar-refractivity contribution < 1.29 is 9.90 Å². The average molecular weight is 248 g/mol. The summed E-state index contributed by atoms with van der Waals surface area (Å²) in [6.45, 7) is 4.07. The van der Waals surface area contributed by atoms with E-state index in [-0.39, 0.29) is 0 Å². The molecule has 1 aliphatic rings. The van der Waals surface area contributed by atoms with Crippen molar-refractivity contribution in [3.05, 3.63) is 23.4 Å². The number of aromatic carboxylic acids is 1. The molecular weight excluding hydrogens is 228 g/mol. The number of aryl methyl sites for hydroxylation is 1. The van der Waals surface area contributed by atoms with Gasteiger partial charge in [0, 0.05) is 12.2 Å². The molecular formula is C14H20N2O2. The maximum Gasteiger partial charge on any atom is 0.339 e. The van der Waals surface area contributed by atoms with Gasteiger partial charge >= 0.3 is 5.97 Å². The summed E-state index contributed by atoms with van der Waals surface area (Å²) in [4.78, 5) is 15.4. The molecule has 0 amide bonds. The van der Waals surface area contributed by atoms with Gasteiger partial charge in [-0.2, -0.15) is 0 Å². The summed E-state index contributed by atoms with van der Waals surface area (Å²) in [5, 5.41) is 12.5. The molecule has 1 heterocycles. The second-order valence-corrected chi connectivity index (χ2v) is 5.26. The summed E-state index contributed by atoms with van der Waals surface area (Å²) in [5.74, 6) is 0.391. The average Bonchev–Trinajstić information content (AvgIpc) is 2.32. The maximum absolute atomic E-state index is 11.3. The number of rotatable bonds is 3. The smallest absolute Gasteiger partial charge is 0.339 e. The molecule has 0 spiro atoms. The Kier molecular flexibility index (Phi) is 3.84. The molecule has 1 saturated carbocycles. The number of hydrogen-bond acceptors (Lipinski definition) is 3. The molecule has 0 atom stereocenters. The van der Waals surface area contributed by atoms with Crippen LogP contribution in [0.1, 0.15) is 48.5 Å². The number of nitrogens with one attached hydrogen (secondary N) is 1. The van der Waals surface area contributed by atoms with Crippen LogP contribution in [0.15, 0.2) is 12.3 Å². The molecule has 1 aliphatic carbocycles. The maximum atomic E-state index is 11.3. The summed E-state index contributed by atoms with van der Waals surface area (Å²) >= 11 is 0. The quantitative estimate of drug-likeness (QED) is 0.863. The van der Waals surface area contributed by atoms with Crippen LogP contribution >= 0.6 is 0 Å². The Morgan fingerprint density at radius 1 is 1.39 bits per heavy atom. The largest absolute Gasteiger partial charge is 0.478 e. The summed E-state index contributed by atoms with van der Waals surface area (Å²) in [7, 11) is 0. The molecule has 2 N–H and O–H groups in total. The van der Waals surface area contributed by atoms with Crippen molar-refractivity contribution in [2.24, 2.45) is 5.92 Å². The first-order valence-corrected chi connectivity index (χ1v) is 6.53. The predicted molar refractivity (Wildman–Crippen MR) is 71.0 cm³/mol. The first-order chi connectivity index (χ1) is 8.58. The van der Waals surface area contributed by atoms with Crippen molar-refractivity contribution in [2.75, 3.05) is 5.32 Å². The van der Waals surface area contributed by atoms with Crippen molar-refractivity contribution in [1.82, 2.24) is 4.98 Å². The van der Waals surface area contributed by atoms with Crippen LogP contribution in [0.4, 0.5) is 5.82 Å². The zero-order chi connectivity index (χ0) is 13.1. The van der Waals surface area contributed by atoms with Gasteiger partial charge in [0.15, 0.2) is 0 Å². The fourth-order valence-corrected chi connectivity index (χ4v) is 2.54. The van der Waals surface area contributed by atoms with Crippen LogP contribution < -0.4 is 5.32 Å². The number of hydrogen-bond donors (Lipinski definition) is 2. The van der Waals surface area contributed by atoms with E-state index in [1.165, 1.54) is 12.8 Å². The number of aromatic nitrogens is 1. The lowest BCUT2D eigenvalue weighted by Crippen LogP contribution is -2.26. The Bertz CT molecular complexity index is 437. The predicted octanol–water partition coefficient (Wildman–Crippen LogP) is 3.08. The van der Waals surface area contributed by atoms with Gasteiger partial charge in [0.1, 0.15) is 11.4 Å². The van der Waals surface area contributed by atoms with Gasteiger partial charge in [-0.25, -0.2) is 9.78 Å². The second-order valence-electron chi connectivity index (χ2n) is 5.26. The Balaban J connectivity index is 2.14. The normalized spacial score (nSPS) is 23.7. The molecule has 1 aromatic heterocycles. The van der Waals surface area contributed by atoms with Crippen molar-refractivity contribution in [3.8, 4) is 0 Å². The highest BCUT2D eigenvalue weighted by Gasteiger charge is 2.21. The summed E-state index contributed by atoms with van der Waals surface area (Å²) in [6, 6.07) is 2.09. The van der Waals surface area contributed by atoms with Crippen molar-refractivity contribution in [2.45, 2.75) is 45.6 Å². The molecule has 0 unspecified atom stereocenters. The summed E-state index contributed by atoms with van der Waals surface area (Å²) < 4.78 is 0. The topological polar surface area (TPSA) is 62.2 Å². The van der Waals surface area contributed by atoms with Crippen molar-refractivity contribution >= 4 is 11.8 Å². The highest BCUT2D eigenvalue weighted by atomic mass is 16.4. The second kappa shape index (κ2) is 5.38. The molecule has 0 bridgehead atoms. The van der Waals surface area contributed by atoms with E-state index in [4.69, 9.17) is 0 Å². The third kappa shape index (κ3) is 2.81. The van der Waals surface area contributed by atoms with Gasteiger partial charge in [-0.15, -0.1) is 0 Å². The zero-order valence-corrected chi connectivity index (χ0v) is 10.9. The molecule has 4 nitrogen and oxygen atoms in total. The van der Waals surface area contributed by atoms with E-state index in [2.05, 4.69) is 17.2 Å². The number of pyridine rings is 1. The highest BCUT2D eigenvalue weighted by Crippen LogP contribution is 2.27. The van der Waals surface area contributed by atoms with Crippen LogP contribution in [0.2, 0.25) is 0 Å². The highest BCUT2D eigenvalue weighted by molar-refractivity contribution is 5.94. The molecule has 0 saturated heterocycles. The van der Waals surface area contributed by atoms with Gasteiger partial charge in [-0.1, -0.05) is 6.92 Å². The molecule has 0 aliphatic heterocycles. The van der Waals surface area contributed by atoms with Crippen LogP contribution in [-0.4, -0.2) is 22.1 Å². The number of carbonyl (C=O) groups is 1. The molecule has 0 radical (unpaired) electrons. The molecule has 1 aromatic rings. The van der Waals surface area contributed by atoms with Gasteiger partial charge in [0.05, 0.1) is 0 Å². The fraction of sp³-hybridized carbons (Fsp3) is 0.571. The number of nitrogens with zero attached hydrogens (tertiary/aromatic N) is 1. The third-order valence-electron chi connectivity index (χ3n) is 3.73. The monoisotopic (exact) mass is 248 g/mol. The van der Waals surface area contributed by atoms with Crippen LogP contribution in [0.3, 0.4) is 0 Å². The molecule has 18 heavy (non-hydrogen) atoms. The number of anilines is 1. The number of carboxylic acid groups (broad SMARTS) is 1. The summed E-state index contributed by atoms with van der Waals surface area (Å²) in [6.07, 6.45) is 6.25. The van der Waals surface area contributed by atoms with Crippen LogP contribution in [-0.2, 0) is 0 Å². The van der Waals surface area contributed by atoms with E-state index in [0.717, 1.165) is 24.3 Å². The SMILES string of the molecule is Cc1ccnc(NC2CCC(C)CC2)c1C(=O)O. The lowest BCUT2D eigenvalue weighted by molar-refractivity contribution is 0.0696. The van der Waals surface area contributed by atoms with Crippen molar-refractivity contribution in [3.63, 3.8) is 0 Å². The summed E-state index contributed by atoms with van der Waals surface area (Å²) in [5.41, 5.74) is 1.06. The minimum atomic E-state index is -0.910. The standard InChI is InChI=1S/C14H20N2O2/c1-9-3-5-11(6-4-9)16-13-12(14(17)18)10(2)7-8-15-13/h7-9,11H,3-6H2,1-2H3,(H,15,16)(H,17,18). The van der Waals surface area contributed by atoms with Gasteiger partial charge in [-0.3, -0.25) is 0 Å². The van der Waals surface area contributed by atoms with E-state index < -0.39 is 5.97 Å². The minimum Gasteiger partial charge on any atom is -0.478 e. The molecule has 2 rings (SSSR count). The first kappa shape index (κ1) is 12.9. The number of carboxylic acids is 1. The Morgan fingerprint density at radius 2 is 2.06 bits per heavy atom. The van der Waals surface area contributed by atoms with Gasteiger partial charge in [0.25, 0.3) is 0 Å². The zero-order valence-electron chi connectivity index (χ0n) is 10.9. The molecule has 98 valence electrons. The van der Waals surface area contributed by atoms with Gasteiger partial charge in [-0.05, 0) is 50.2 Å². The molecule has 0 aromatic carbocycles. The van der Waals surface area contributed by atoms with Crippen LogP contribution in [0.5, 0.6) is 0 Å². The van der Waals surface area contributed by atoms with Crippen LogP contribution in [0, 0.1) is 12.8 Å². The van der Waals surface area contributed by atoms with Crippen molar-refractivity contribution in [1.29, 1.82) is 0 Å². The Morgan fingerprint density at radius 3 is 2.67 bits per heavy atom. The third-order valence-corrected chi connectivity index (χ3v) is 3.73. The molecule has 1 fully saturated rings. The Labute approximate surface area is 107 Å². The fourth-order valence-electron chi connectivity index (χ4n) is 2.54. The van der Waals surface area contributed by atoms with E-state index in [9.17, 15) is 9.90 Å². The van der Waals surface area contributed by atoms with Gasteiger partial charge in [0.2, 0.25) is 0 Å². The van der Waals surface area contributed by atoms with E-state index >= 15 is 0 Å². The lowest BCUT2D eigenvalue weighted by Gasteiger charge is -2.27. The minimum absolute atomic E-state index is 0.302. The molecule has 4 heteroatoms. The van der Waals surface area contributed by atoms with Crippen LogP contribution in [0.25, 0.3) is 0 Å².